The first kappa shape index (κ1) is 18.7. The summed E-state index contributed by atoms with van der Waals surface area (Å²) < 4.78 is 38.4. The van der Waals surface area contributed by atoms with Crippen molar-refractivity contribution in [2.45, 2.75) is 32.5 Å². The SMILES string of the molecule is C=Nc1c(OC(F)(F)C(C)(C)O)ccc(-c2ncccn2)c1OCC. The van der Waals surface area contributed by atoms with E-state index in [0.717, 1.165) is 13.8 Å². The molecule has 1 aromatic carbocycles. The Morgan fingerprint density at radius 1 is 1.24 bits per heavy atom. The molecule has 0 amide bonds. The molecule has 0 atom stereocenters. The first-order valence-corrected chi connectivity index (χ1v) is 7.54. The number of alkyl halides is 2. The Morgan fingerprint density at radius 3 is 2.40 bits per heavy atom. The summed E-state index contributed by atoms with van der Waals surface area (Å²) in [5.74, 6) is 0.245. The number of nitrogens with zero attached hydrogens (tertiary/aromatic N) is 3. The molecule has 0 aliphatic carbocycles. The molecular formula is C17H19F2N3O3. The van der Waals surface area contributed by atoms with Gasteiger partial charge in [0, 0.05) is 12.4 Å². The average Bonchev–Trinajstić information content (AvgIpc) is 2.55. The van der Waals surface area contributed by atoms with Crippen LogP contribution in [0.5, 0.6) is 11.5 Å². The normalized spacial score (nSPS) is 11.9. The minimum Gasteiger partial charge on any atom is -0.491 e. The molecule has 2 aromatic rings. The van der Waals surface area contributed by atoms with Gasteiger partial charge in [0.1, 0.15) is 5.69 Å². The number of rotatable bonds is 7. The third kappa shape index (κ3) is 3.90. The van der Waals surface area contributed by atoms with Crippen LogP contribution in [0.25, 0.3) is 11.4 Å². The van der Waals surface area contributed by atoms with E-state index in [-0.39, 0.29) is 23.8 Å². The summed E-state index contributed by atoms with van der Waals surface area (Å²) in [5.41, 5.74) is -1.95. The minimum absolute atomic E-state index is 0.0178. The van der Waals surface area contributed by atoms with E-state index in [1.807, 2.05) is 0 Å². The van der Waals surface area contributed by atoms with Crippen LogP contribution in [0.1, 0.15) is 20.8 Å². The lowest BCUT2D eigenvalue weighted by atomic mass is 10.1. The average molecular weight is 351 g/mol. The van der Waals surface area contributed by atoms with Crippen LogP contribution in [0, 0.1) is 0 Å². The minimum atomic E-state index is -3.85. The first-order valence-electron chi connectivity index (χ1n) is 7.54. The van der Waals surface area contributed by atoms with E-state index in [0.29, 0.717) is 11.4 Å². The third-order valence-corrected chi connectivity index (χ3v) is 3.30. The van der Waals surface area contributed by atoms with Crippen LogP contribution in [0.2, 0.25) is 0 Å². The van der Waals surface area contributed by atoms with Crippen molar-refractivity contribution < 1.29 is 23.4 Å². The van der Waals surface area contributed by atoms with Gasteiger partial charge in [-0.05, 0) is 45.7 Å². The van der Waals surface area contributed by atoms with Crippen molar-refractivity contribution in [1.82, 2.24) is 9.97 Å². The Balaban J connectivity index is 2.58. The summed E-state index contributed by atoms with van der Waals surface area (Å²) in [5, 5.41) is 9.60. The van der Waals surface area contributed by atoms with Gasteiger partial charge in [0.25, 0.3) is 0 Å². The number of ether oxygens (including phenoxy) is 2. The standard InChI is InChI=1S/C17H19F2N3O3/c1-5-24-14-11(15-21-9-6-10-22-15)7-8-12(13(14)20-4)25-17(18,19)16(2,3)23/h6-10,23H,4-5H2,1-3H3. The molecule has 25 heavy (non-hydrogen) atoms. The predicted molar refractivity (Wildman–Crippen MR) is 89.7 cm³/mol. The van der Waals surface area contributed by atoms with Crippen molar-refractivity contribution in [3.63, 3.8) is 0 Å². The fourth-order valence-electron chi connectivity index (χ4n) is 1.95. The highest BCUT2D eigenvalue weighted by molar-refractivity contribution is 5.78. The molecule has 0 fully saturated rings. The lowest BCUT2D eigenvalue weighted by Gasteiger charge is -2.29. The zero-order chi connectivity index (χ0) is 18.7. The van der Waals surface area contributed by atoms with Crippen molar-refractivity contribution in [1.29, 1.82) is 0 Å². The number of hydrogen-bond acceptors (Lipinski definition) is 6. The molecule has 0 unspecified atom stereocenters. The van der Waals surface area contributed by atoms with Crippen LogP contribution >= 0.6 is 0 Å². The number of halogens is 2. The van der Waals surface area contributed by atoms with Crippen LogP contribution in [0.15, 0.2) is 35.6 Å². The van der Waals surface area contributed by atoms with Gasteiger partial charge < -0.3 is 14.6 Å². The van der Waals surface area contributed by atoms with Gasteiger partial charge in [-0.25, -0.2) is 9.97 Å². The molecular weight excluding hydrogens is 332 g/mol. The Hall–Kier alpha value is -2.61. The van der Waals surface area contributed by atoms with E-state index in [9.17, 15) is 13.9 Å². The number of aliphatic imine (C=N–C) groups is 1. The smallest absolute Gasteiger partial charge is 0.426 e. The van der Waals surface area contributed by atoms with Crippen LogP contribution in [0.4, 0.5) is 14.5 Å². The maximum Gasteiger partial charge on any atom is 0.426 e. The second kappa shape index (κ2) is 7.10. The fourth-order valence-corrected chi connectivity index (χ4v) is 1.95. The Morgan fingerprint density at radius 2 is 1.88 bits per heavy atom. The first-order chi connectivity index (χ1) is 11.7. The molecule has 0 bridgehead atoms. The molecule has 0 aliphatic rings. The van der Waals surface area contributed by atoms with Crippen LogP contribution < -0.4 is 9.47 Å². The molecule has 1 N–H and O–H groups in total. The van der Waals surface area contributed by atoms with Crippen molar-refractivity contribution in [2.24, 2.45) is 4.99 Å². The van der Waals surface area contributed by atoms with Gasteiger partial charge in [0.2, 0.25) is 0 Å². The van der Waals surface area contributed by atoms with E-state index in [1.165, 1.54) is 12.1 Å². The monoisotopic (exact) mass is 351 g/mol. The maximum atomic E-state index is 14.1. The highest BCUT2D eigenvalue weighted by Crippen LogP contribution is 2.46. The fraction of sp³-hybridized carbons (Fsp3) is 0.353. The van der Waals surface area contributed by atoms with E-state index in [1.54, 1.807) is 25.4 Å². The number of aromatic nitrogens is 2. The van der Waals surface area contributed by atoms with E-state index >= 15 is 0 Å². The summed E-state index contributed by atoms with van der Waals surface area (Å²) in [4.78, 5) is 12.0. The van der Waals surface area contributed by atoms with Gasteiger partial charge in [-0.3, -0.25) is 4.99 Å². The van der Waals surface area contributed by atoms with Crippen LogP contribution in [-0.2, 0) is 0 Å². The van der Waals surface area contributed by atoms with Crippen LogP contribution in [-0.4, -0.2) is 40.1 Å². The molecule has 1 aromatic heterocycles. The van der Waals surface area contributed by atoms with Gasteiger partial charge in [-0.15, -0.1) is 0 Å². The van der Waals surface area contributed by atoms with Gasteiger partial charge in [0.05, 0.1) is 12.2 Å². The van der Waals surface area contributed by atoms with Crippen molar-refractivity contribution >= 4 is 12.4 Å². The van der Waals surface area contributed by atoms with Gasteiger partial charge in [-0.2, -0.15) is 8.78 Å². The summed E-state index contributed by atoms with van der Waals surface area (Å²) in [6.45, 7) is 7.29. The maximum absolute atomic E-state index is 14.1. The van der Waals surface area contributed by atoms with Crippen molar-refractivity contribution in [3.05, 3.63) is 30.6 Å². The molecule has 8 heteroatoms. The molecule has 0 radical (unpaired) electrons. The molecule has 6 nitrogen and oxygen atoms in total. The topological polar surface area (TPSA) is 76.8 Å². The van der Waals surface area contributed by atoms with Crippen LogP contribution in [0.3, 0.4) is 0 Å². The van der Waals surface area contributed by atoms with E-state index in [2.05, 4.69) is 21.7 Å². The Labute approximate surface area is 144 Å². The van der Waals surface area contributed by atoms with Crippen molar-refractivity contribution in [2.75, 3.05) is 6.61 Å². The van der Waals surface area contributed by atoms with Gasteiger partial charge in [-0.1, -0.05) is 0 Å². The lowest BCUT2D eigenvalue weighted by Crippen LogP contribution is -2.47. The molecule has 0 saturated carbocycles. The van der Waals surface area contributed by atoms with Crippen molar-refractivity contribution in [3.8, 4) is 22.9 Å². The zero-order valence-corrected chi connectivity index (χ0v) is 14.2. The highest BCUT2D eigenvalue weighted by atomic mass is 19.3. The predicted octanol–water partition coefficient (Wildman–Crippen LogP) is 3.62. The second-order valence-corrected chi connectivity index (χ2v) is 5.63. The molecule has 0 spiro atoms. The summed E-state index contributed by atoms with van der Waals surface area (Å²) in [6, 6.07) is 4.43. The summed E-state index contributed by atoms with van der Waals surface area (Å²) in [7, 11) is 0. The number of hydrogen-bond donors (Lipinski definition) is 1. The highest BCUT2D eigenvalue weighted by Gasteiger charge is 2.49. The largest absolute Gasteiger partial charge is 0.491 e. The van der Waals surface area contributed by atoms with Gasteiger partial charge >= 0.3 is 6.11 Å². The molecule has 0 saturated heterocycles. The van der Waals surface area contributed by atoms with Gasteiger partial charge in [0.15, 0.2) is 22.9 Å². The molecule has 2 rings (SSSR count). The van der Waals surface area contributed by atoms with E-state index < -0.39 is 11.7 Å². The van der Waals surface area contributed by atoms with E-state index in [4.69, 9.17) is 9.47 Å². The lowest BCUT2D eigenvalue weighted by molar-refractivity contribution is -0.276. The summed E-state index contributed by atoms with van der Waals surface area (Å²) >= 11 is 0. The Kier molecular flexibility index (Phi) is 5.32. The number of aliphatic hydroxyl groups is 1. The Bertz CT molecular complexity index is 747. The molecule has 0 aliphatic heterocycles. The second-order valence-electron chi connectivity index (χ2n) is 5.63. The number of benzene rings is 1. The molecule has 134 valence electrons. The molecule has 1 heterocycles. The quantitative estimate of drug-likeness (QED) is 0.771. The zero-order valence-electron chi connectivity index (χ0n) is 14.2. The summed E-state index contributed by atoms with van der Waals surface area (Å²) in [6.07, 6.45) is -0.751. The third-order valence-electron chi connectivity index (χ3n) is 3.30.